The lowest BCUT2D eigenvalue weighted by molar-refractivity contribution is -0.139. The number of carboxylic acid groups (broad SMARTS) is 2. The lowest BCUT2D eigenvalue weighted by atomic mass is 10.1. The minimum Gasteiger partial charge on any atom is -0.481 e. The molecule has 0 saturated carbocycles. The van der Waals surface area contributed by atoms with E-state index in [9.17, 15) is 28.8 Å². The van der Waals surface area contributed by atoms with Gasteiger partial charge < -0.3 is 37.6 Å². The molecule has 0 spiro atoms. The number of carboxylic acids is 2. The smallest absolute Gasteiger partial charge is 0.322 e. The summed E-state index contributed by atoms with van der Waals surface area (Å²) in [4.78, 5) is 67.5. The first-order valence-corrected chi connectivity index (χ1v) is 7.30. The van der Waals surface area contributed by atoms with E-state index >= 15 is 0 Å². The highest BCUT2D eigenvalue weighted by atomic mass is 16.4. The second kappa shape index (κ2) is 10.6. The molecule has 13 heteroatoms. The molecule has 0 aromatic rings. The van der Waals surface area contributed by atoms with E-state index in [2.05, 4.69) is 10.6 Å². The number of hydrogen-bond acceptors (Lipinski definition) is 7. The van der Waals surface area contributed by atoms with Crippen LogP contribution in [-0.4, -0.2) is 70.5 Å². The average molecular weight is 375 g/mol. The molecule has 0 aromatic heterocycles. The number of primary amides is 1. The van der Waals surface area contributed by atoms with Crippen LogP contribution >= 0.6 is 0 Å². The number of hydrogen-bond donors (Lipinski definition) is 7. The van der Waals surface area contributed by atoms with Gasteiger partial charge >= 0.3 is 11.9 Å². The van der Waals surface area contributed by atoms with Crippen LogP contribution in [0.15, 0.2) is 0 Å². The van der Waals surface area contributed by atoms with Gasteiger partial charge in [0.2, 0.25) is 23.6 Å². The van der Waals surface area contributed by atoms with Gasteiger partial charge in [0, 0.05) is 0 Å². The second-order valence-electron chi connectivity index (χ2n) is 5.28. The Labute approximate surface area is 147 Å². The van der Waals surface area contributed by atoms with Crippen LogP contribution < -0.4 is 27.4 Å². The van der Waals surface area contributed by atoms with E-state index < -0.39 is 73.1 Å². The molecule has 4 amide bonds. The molecule has 0 aliphatic rings. The van der Waals surface area contributed by atoms with Crippen LogP contribution in [0.2, 0.25) is 0 Å². The van der Waals surface area contributed by atoms with Crippen LogP contribution in [0, 0.1) is 0 Å². The number of carbonyl (C=O) groups is 6. The largest absolute Gasteiger partial charge is 0.481 e. The quantitative estimate of drug-likeness (QED) is 0.185. The molecular formula is C13H21N5O8. The first-order chi connectivity index (χ1) is 11.9. The van der Waals surface area contributed by atoms with E-state index in [0.29, 0.717) is 0 Å². The molecule has 0 aromatic carbocycles. The van der Waals surface area contributed by atoms with Crippen molar-refractivity contribution in [2.75, 3.05) is 6.54 Å². The molecule has 0 rings (SSSR count). The van der Waals surface area contributed by atoms with Crippen molar-refractivity contribution < 1.29 is 39.0 Å². The van der Waals surface area contributed by atoms with Crippen molar-refractivity contribution >= 4 is 35.6 Å². The van der Waals surface area contributed by atoms with Gasteiger partial charge in [-0.1, -0.05) is 0 Å². The molecule has 0 fully saturated rings. The molecule has 13 nitrogen and oxygen atoms in total. The van der Waals surface area contributed by atoms with Crippen LogP contribution in [0.1, 0.15) is 19.8 Å². The van der Waals surface area contributed by atoms with E-state index in [1.807, 2.05) is 5.32 Å². The minimum atomic E-state index is -1.45. The predicted octanol–water partition coefficient (Wildman–Crippen LogP) is -4.15. The number of nitrogens with two attached hydrogens (primary N) is 2. The van der Waals surface area contributed by atoms with Gasteiger partial charge in [-0.2, -0.15) is 0 Å². The summed E-state index contributed by atoms with van der Waals surface area (Å²) in [6.07, 6.45) is -1.25. The maximum Gasteiger partial charge on any atom is 0.322 e. The molecule has 3 atom stereocenters. The fourth-order valence-corrected chi connectivity index (χ4v) is 1.66. The molecule has 0 aliphatic carbocycles. The minimum absolute atomic E-state index is 0.601. The fraction of sp³-hybridized carbons (Fsp3) is 0.538. The summed E-state index contributed by atoms with van der Waals surface area (Å²) in [5, 5.41) is 23.3. The Morgan fingerprint density at radius 3 is 1.92 bits per heavy atom. The van der Waals surface area contributed by atoms with Crippen LogP contribution in [0.25, 0.3) is 0 Å². The van der Waals surface area contributed by atoms with E-state index in [-0.39, 0.29) is 0 Å². The third kappa shape index (κ3) is 9.17. The summed E-state index contributed by atoms with van der Waals surface area (Å²) >= 11 is 0. The molecule has 146 valence electrons. The Balaban J connectivity index is 4.82. The first-order valence-electron chi connectivity index (χ1n) is 7.30. The van der Waals surface area contributed by atoms with E-state index in [0.717, 1.165) is 0 Å². The number of carbonyl (C=O) groups excluding carboxylic acids is 4. The van der Waals surface area contributed by atoms with Crippen LogP contribution in [0.4, 0.5) is 0 Å². The summed E-state index contributed by atoms with van der Waals surface area (Å²) in [5.41, 5.74) is 10.3. The van der Waals surface area contributed by atoms with Crippen molar-refractivity contribution in [1.82, 2.24) is 16.0 Å². The van der Waals surface area contributed by atoms with Crippen molar-refractivity contribution in [2.45, 2.75) is 37.9 Å². The Kier molecular flexibility index (Phi) is 9.29. The lowest BCUT2D eigenvalue weighted by Gasteiger charge is -2.21. The van der Waals surface area contributed by atoms with Gasteiger partial charge in [0.05, 0.1) is 18.9 Å². The molecule has 0 aliphatic heterocycles. The number of aliphatic carboxylic acids is 2. The van der Waals surface area contributed by atoms with Crippen molar-refractivity contribution in [2.24, 2.45) is 11.5 Å². The molecular weight excluding hydrogens is 354 g/mol. The van der Waals surface area contributed by atoms with Gasteiger partial charge in [-0.25, -0.2) is 0 Å². The van der Waals surface area contributed by atoms with E-state index in [4.69, 9.17) is 21.7 Å². The van der Waals surface area contributed by atoms with Crippen molar-refractivity contribution in [3.63, 3.8) is 0 Å². The zero-order valence-corrected chi connectivity index (χ0v) is 13.9. The normalized spacial score (nSPS) is 13.6. The summed E-state index contributed by atoms with van der Waals surface area (Å²) in [5.74, 6) is -6.33. The highest BCUT2D eigenvalue weighted by Crippen LogP contribution is 1.96. The third-order valence-electron chi connectivity index (χ3n) is 2.94. The summed E-state index contributed by atoms with van der Waals surface area (Å²) in [6.45, 7) is 0.498. The Hall–Kier alpha value is -3.22. The van der Waals surface area contributed by atoms with Gasteiger partial charge in [0.1, 0.15) is 18.6 Å². The molecule has 0 saturated heterocycles. The molecule has 26 heavy (non-hydrogen) atoms. The standard InChI is InChI=1S/C13H21N5O8/c1-5(17-12(25)6(14)2-9(20)21)11(24)18-7(3-8(15)19)13(26)16-4-10(22)23/h5-7H,2-4,14H2,1H3,(H2,15,19)(H,16,26)(H,17,25)(H,18,24)(H,20,21)(H,22,23). The molecule has 0 radical (unpaired) electrons. The van der Waals surface area contributed by atoms with Crippen LogP contribution in [-0.2, 0) is 28.8 Å². The SMILES string of the molecule is CC(NC(=O)C(N)CC(=O)O)C(=O)NC(CC(N)=O)C(=O)NCC(=O)O. The van der Waals surface area contributed by atoms with Gasteiger partial charge in [-0.05, 0) is 6.92 Å². The van der Waals surface area contributed by atoms with Gasteiger partial charge in [-0.15, -0.1) is 0 Å². The lowest BCUT2D eigenvalue weighted by Crippen LogP contribution is -2.56. The maximum atomic E-state index is 12.0. The summed E-state index contributed by atoms with van der Waals surface area (Å²) in [6, 6.07) is -4.06. The zero-order valence-electron chi connectivity index (χ0n) is 13.9. The van der Waals surface area contributed by atoms with Gasteiger partial charge in [0.15, 0.2) is 0 Å². The van der Waals surface area contributed by atoms with Crippen LogP contribution in [0.5, 0.6) is 0 Å². The molecule has 3 unspecified atom stereocenters. The topological polar surface area (TPSA) is 231 Å². The number of rotatable bonds is 11. The highest BCUT2D eigenvalue weighted by molar-refractivity contribution is 5.95. The first kappa shape index (κ1) is 22.8. The molecule has 0 bridgehead atoms. The number of amides is 4. The van der Waals surface area contributed by atoms with Gasteiger partial charge in [-0.3, -0.25) is 28.8 Å². The highest BCUT2D eigenvalue weighted by Gasteiger charge is 2.27. The van der Waals surface area contributed by atoms with E-state index in [1.54, 1.807) is 0 Å². The molecule has 0 heterocycles. The summed E-state index contributed by atoms with van der Waals surface area (Å²) in [7, 11) is 0. The zero-order chi connectivity index (χ0) is 20.4. The predicted molar refractivity (Wildman–Crippen MR) is 84.2 cm³/mol. The fourth-order valence-electron chi connectivity index (χ4n) is 1.66. The van der Waals surface area contributed by atoms with E-state index in [1.165, 1.54) is 6.92 Å². The number of nitrogens with one attached hydrogen (secondary N) is 3. The van der Waals surface area contributed by atoms with Crippen molar-refractivity contribution in [3.05, 3.63) is 0 Å². The third-order valence-corrected chi connectivity index (χ3v) is 2.94. The van der Waals surface area contributed by atoms with Gasteiger partial charge in [0.25, 0.3) is 0 Å². The molecule has 9 N–H and O–H groups in total. The Bertz CT molecular complexity index is 593. The monoisotopic (exact) mass is 375 g/mol. The Morgan fingerprint density at radius 1 is 0.885 bits per heavy atom. The van der Waals surface area contributed by atoms with Crippen molar-refractivity contribution in [1.29, 1.82) is 0 Å². The van der Waals surface area contributed by atoms with Crippen molar-refractivity contribution in [3.8, 4) is 0 Å². The second-order valence-corrected chi connectivity index (χ2v) is 5.28. The summed E-state index contributed by atoms with van der Waals surface area (Å²) < 4.78 is 0. The maximum absolute atomic E-state index is 12.0. The average Bonchev–Trinajstić information content (AvgIpc) is 2.50. The Morgan fingerprint density at radius 2 is 1.46 bits per heavy atom. The van der Waals surface area contributed by atoms with Crippen LogP contribution in [0.3, 0.4) is 0 Å².